The molecule has 1 aromatic rings. The summed E-state index contributed by atoms with van der Waals surface area (Å²) in [7, 11) is 0. The number of fused-ring (bicyclic) bond motifs is 5. The Hall–Kier alpha value is -2.31. The van der Waals surface area contributed by atoms with Gasteiger partial charge in [-0.05, 0) is 42.5 Å². The van der Waals surface area contributed by atoms with Crippen molar-refractivity contribution in [2.75, 3.05) is 4.90 Å². The fourth-order valence-corrected chi connectivity index (χ4v) is 3.95. The third-order valence-electron chi connectivity index (χ3n) is 4.80. The average Bonchev–Trinajstić information content (AvgIpc) is 3.13. The normalized spacial score (nSPS) is 31.9. The number of carbonyl (C=O) groups excluding carboxylic acids is 2. The Kier molecular flexibility index (Phi) is 2.86. The molecule has 1 heterocycles. The quantitative estimate of drug-likeness (QED) is 0.621. The van der Waals surface area contributed by atoms with E-state index in [-0.39, 0.29) is 46.9 Å². The van der Waals surface area contributed by atoms with Gasteiger partial charge in [-0.25, -0.2) is 0 Å². The summed E-state index contributed by atoms with van der Waals surface area (Å²) in [6.45, 7) is 0. The van der Waals surface area contributed by atoms with Crippen molar-refractivity contribution >= 4 is 17.5 Å². The van der Waals surface area contributed by atoms with Crippen LogP contribution in [-0.2, 0) is 9.59 Å². The summed E-state index contributed by atoms with van der Waals surface area (Å²) >= 11 is 0. The van der Waals surface area contributed by atoms with Gasteiger partial charge in [0.05, 0.1) is 17.5 Å². The van der Waals surface area contributed by atoms with Crippen molar-refractivity contribution in [3.8, 4) is 5.75 Å². The number of nitrogens with zero attached hydrogens (tertiary/aromatic N) is 1. The molecule has 2 fully saturated rings. The molecule has 0 N–H and O–H groups in total. The maximum Gasteiger partial charge on any atom is 0.573 e. The highest BCUT2D eigenvalue weighted by atomic mass is 19.4. The summed E-state index contributed by atoms with van der Waals surface area (Å²) in [4.78, 5) is 26.2. The van der Waals surface area contributed by atoms with Gasteiger partial charge in [0.15, 0.2) is 0 Å². The van der Waals surface area contributed by atoms with Gasteiger partial charge in [-0.1, -0.05) is 12.2 Å². The van der Waals surface area contributed by atoms with E-state index in [0.717, 1.165) is 23.5 Å². The van der Waals surface area contributed by atoms with E-state index in [2.05, 4.69) is 4.74 Å². The predicted octanol–water partition coefficient (Wildman–Crippen LogP) is 2.90. The van der Waals surface area contributed by atoms with Gasteiger partial charge in [0.1, 0.15) is 5.75 Å². The van der Waals surface area contributed by atoms with Gasteiger partial charge in [0, 0.05) is 0 Å². The number of halogens is 3. The molecule has 2 aliphatic carbocycles. The molecule has 0 spiro atoms. The smallest absolute Gasteiger partial charge is 0.406 e. The van der Waals surface area contributed by atoms with Gasteiger partial charge in [-0.15, -0.1) is 13.2 Å². The number of amides is 2. The van der Waals surface area contributed by atoms with E-state index in [1.54, 1.807) is 0 Å². The molecule has 0 aromatic heterocycles. The van der Waals surface area contributed by atoms with Crippen molar-refractivity contribution in [3.05, 3.63) is 36.4 Å². The first-order valence-electron chi connectivity index (χ1n) is 7.27. The van der Waals surface area contributed by atoms with Crippen LogP contribution in [0.15, 0.2) is 36.4 Å². The minimum Gasteiger partial charge on any atom is -0.406 e. The lowest BCUT2D eigenvalue weighted by molar-refractivity contribution is -0.274. The molecule has 3 aliphatic rings. The third-order valence-corrected chi connectivity index (χ3v) is 4.80. The first-order chi connectivity index (χ1) is 10.8. The fourth-order valence-electron chi connectivity index (χ4n) is 3.95. The number of imide groups is 1. The molecule has 4 atom stereocenters. The number of anilines is 1. The molecular weight excluding hydrogens is 311 g/mol. The summed E-state index contributed by atoms with van der Waals surface area (Å²) in [5, 5.41) is 0. The highest BCUT2D eigenvalue weighted by molar-refractivity contribution is 6.22. The predicted molar refractivity (Wildman–Crippen MR) is 73.3 cm³/mol. The van der Waals surface area contributed by atoms with E-state index in [0.29, 0.717) is 0 Å². The molecule has 23 heavy (non-hydrogen) atoms. The molecule has 1 saturated heterocycles. The molecule has 1 saturated carbocycles. The standard InChI is InChI=1S/C16H12F3NO3/c17-16(18,19)23-11-5-3-10(4-6-11)20-14(21)12-8-1-2-9(7-8)13(12)15(20)22/h1-6,8-9,12-13H,7H2/t8-,9-,12-,13+/m0/s1. The molecule has 7 heteroatoms. The molecule has 0 unspecified atom stereocenters. The molecular formula is C16H12F3NO3. The lowest BCUT2D eigenvalue weighted by Crippen LogP contribution is -2.32. The summed E-state index contributed by atoms with van der Waals surface area (Å²) in [5.41, 5.74) is 0.281. The third kappa shape index (κ3) is 2.14. The van der Waals surface area contributed by atoms with E-state index in [1.165, 1.54) is 12.1 Å². The van der Waals surface area contributed by atoms with Crippen molar-refractivity contribution in [2.24, 2.45) is 23.7 Å². The maximum atomic E-state index is 12.6. The highest BCUT2D eigenvalue weighted by Gasteiger charge is 2.59. The highest BCUT2D eigenvalue weighted by Crippen LogP contribution is 2.53. The van der Waals surface area contributed by atoms with Gasteiger partial charge < -0.3 is 4.74 Å². The molecule has 1 aliphatic heterocycles. The van der Waals surface area contributed by atoms with Crippen LogP contribution in [-0.4, -0.2) is 18.2 Å². The first kappa shape index (κ1) is 14.3. The number of allylic oxidation sites excluding steroid dienone is 2. The second-order valence-corrected chi connectivity index (χ2v) is 6.05. The summed E-state index contributed by atoms with van der Waals surface area (Å²) in [6.07, 6.45) is 0.0310. The van der Waals surface area contributed by atoms with E-state index in [9.17, 15) is 22.8 Å². The van der Waals surface area contributed by atoms with Crippen LogP contribution in [0.4, 0.5) is 18.9 Å². The Morgan fingerprint density at radius 2 is 1.48 bits per heavy atom. The van der Waals surface area contributed by atoms with E-state index < -0.39 is 6.36 Å². The largest absolute Gasteiger partial charge is 0.573 e. The minimum atomic E-state index is -4.78. The van der Waals surface area contributed by atoms with Gasteiger partial charge in [-0.2, -0.15) is 0 Å². The Balaban J connectivity index is 1.59. The zero-order valence-corrected chi connectivity index (χ0v) is 11.8. The van der Waals surface area contributed by atoms with Crippen LogP contribution in [0.1, 0.15) is 6.42 Å². The zero-order chi connectivity index (χ0) is 16.4. The zero-order valence-electron chi connectivity index (χ0n) is 11.8. The molecule has 4 nitrogen and oxygen atoms in total. The molecule has 4 rings (SSSR count). The van der Waals surface area contributed by atoms with Crippen LogP contribution in [0.25, 0.3) is 0 Å². The summed E-state index contributed by atoms with van der Waals surface area (Å²) in [5.74, 6) is -1.38. The monoisotopic (exact) mass is 323 g/mol. The van der Waals surface area contributed by atoms with Crippen LogP contribution in [0, 0.1) is 23.7 Å². The van der Waals surface area contributed by atoms with Crippen molar-refractivity contribution in [1.29, 1.82) is 0 Å². The first-order valence-corrected chi connectivity index (χ1v) is 7.27. The second kappa shape index (κ2) is 4.59. The lowest BCUT2D eigenvalue weighted by atomic mass is 9.85. The number of alkyl halides is 3. The Bertz CT molecular complexity index is 680. The van der Waals surface area contributed by atoms with E-state index in [4.69, 9.17) is 0 Å². The van der Waals surface area contributed by atoms with Crippen LogP contribution in [0.5, 0.6) is 5.75 Å². The van der Waals surface area contributed by atoms with Gasteiger partial charge >= 0.3 is 6.36 Å². The number of hydrogen-bond acceptors (Lipinski definition) is 3. The second-order valence-electron chi connectivity index (χ2n) is 6.05. The molecule has 0 radical (unpaired) electrons. The molecule has 1 aromatic carbocycles. The van der Waals surface area contributed by atoms with Crippen molar-refractivity contribution in [1.82, 2.24) is 0 Å². The lowest BCUT2D eigenvalue weighted by Gasteiger charge is -2.18. The Morgan fingerprint density at radius 1 is 0.957 bits per heavy atom. The number of ether oxygens (including phenoxy) is 1. The van der Waals surface area contributed by atoms with Gasteiger partial charge in [0.2, 0.25) is 11.8 Å². The SMILES string of the molecule is O=C1[C@@H]2[C@H](C(=O)N1c1ccc(OC(F)(F)F)cc1)[C@H]1C=C[C@H]2C1. The minimum absolute atomic E-state index is 0.0966. The van der Waals surface area contributed by atoms with E-state index in [1.807, 2.05) is 12.2 Å². The van der Waals surface area contributed by atoms with Crippen LogP contribution < -0.4 is 9.64 Å². The Morgan fingerprint density at radius 3 is 1.96 bits per heavy atom. The average molecular weight is 323 g/mol. The molecule has 2 amide bonds. The summed E-state index contributed by atoms with van der Waals surface area (Å²) < 4.78 is 40.3. The molecule has 2 bridgehead atoms. The van der Waals surface area contributed by atoms with Crippen molar-refractivity contribution in [2.45, 2.75) is 12.8 Å². The number of carbonyl (C=O) groups is 2. The fraction of sp³-hybridized carbons (Fsp3) is 0.375. The van der Waals surface area contributed by atoms with Crippen LogP contribution in [0.3, 0.4) is 0 Å². The number of benzene rings is 1. The number of hydrogen-bond donors (Lipinski definition) is 0. The van der Waals surface area contributed by atoms with Gasteiger partial charge in [0.25, 0.3) is 0 Å². The van der Waals surface area contributed by atoms with E-state index >= 15 is 0 Å². The van der Waals surface area contributed by atoms with Crippen molar-refractivity contribution in [3.63, 3.8) is 0 Å². The Labute approximate surface area is 129 Å². The van der Waals surface area contributed by atoms with Crippen molar-refractivity contribution < 1.29 is 27.5 Å². The molecule has 120 valence electrons. The maximum absolute atomic E-state index is 12.6. The topological polar surface area (TPSA) is 46.6 Å². The van der Waals surface area contributed by atoms with Gasteiger partial charge in [-0.3, -0.25) is 14.5 Å². The number of rotatable bonds is 2. The van der Waals surface area contributed by atoms with Crippen LogP contribution in [0.2, 0.25) is 0 Å². The summed E-state index contributed by atoms with van der Waals surface area (Å²) in [6, 6.07) is 4.80. The van der Waals surface area contributed by atoms with Crippen LogP contribution >= 0.6 is 0 Å².